The second-order valence-electron chi connectivity index (χ2n) is 7.37. The smallest absolute Gasteiger partial charge is 0.250 e. The Morgan fingerprint density at radius 3 is 2.86 bits per heavy atom. The Bertz CT molecular complexity index is 1050. The predicted molar refractivity (Wildman–Crippen MR) is 114 cm³/mol. The second-order valence-corrected chi connectivity index (χ2v) is 7.37. The molecule has 0 unspecified atom stereocenters. The zero-order valence-corrected chi connectivity index (χ0v) is 16.5. The Morgan fingerprint density at radius 2 is 2.10 bits per heavy atom. The molecular formula is C22H25N5O2. The minimum atomic E-state index is -0.519. The summed E-state index contributed by atoms with van der Waals surface area (Å²) in [6.07, 6.45) is 3.68. The third kappa shape index (κ3) is 3.61. The fourth-order valence-corrected chi connectivity index (χ4v) is 4.08. The highest BCUT2D eigenvalue weighted by Crippen LogP contribution is 2.36. The van der Waals surface area contributed by atoms with Crippen molar-refractivity contribution in [2.45, 2.75) is 12.8 Å². The van der Waals surface area contributed by atoms with Gasteiger partial charge in [0.1, 0.15) is 17.9 Å². The van der Waals surface area contributed by atoms with E-state index >= 15 is 0 Å². The number of benzene rings is 2. The molecule has 2 heterocycles. The molecule has 0 aliphatic carbocycles. The van der Waals surface area contributed by atoms with Gasteiger partial charge in [0.2, 0.25) is 0 Å². The van der Waals surface area contributed by atoms with Gasteiger partial charge < -0.3 is 21.1 Å². The highest BCUT2D eigenvalue weighted by Gasteiger charge is 2.23. The number of hydrogen-bond acceptors (Lipinski definition) is 6. The topological polar surface area (TPSA) is 107 Å². The lowest BCUT2D eigenvalue weighted by Crippen LogP contribution is -2.39. The summed E-state index contributed by atoms with van der Waals surface area (Å²) in [6.45, 7) is 2.39. The molecule has 1 fully saturated rings. The van der Waals surface area contributed by atoms with Crippen molar-refractivity contribution in [3.63, 3.8) is 0 Å². The van der Waals surface area contributed by atoms with E-state index in [0.29, 0.717) is 23.5 Å². The number of para-hydroxylation sites is 1. The normalized spacial score (nSPS) is 16.8. The van der Waals surface area contributed by atoms with E-state index in [1.54, 1.807) is 13.2 Å². The van der Waals surface area contributed by atoms with Crippen LogP contribution in [0.5, 0.6) is 5.75 Å². The predicted octanol–water partition coefficient (Wildman–Crippen LogP) is 2.58. The molecule has 4 N–H and O–H groups in total. The first-order valence-electron chi connectivity index (χ1n) is 9.79. The second kappa shape index (κ2) is 8.05. The molecule has 0 spiro atoms. The third-order valence-corrected chi connectivity index (χ3v) is 5.55. The van der Waals surface area contributed by atoms with Gasteiger partial charge in [-0.15, -0.1) is 0 Å². The fourth-order valence-electron chi connectivity index (χ4n) is 4.08. The van der Waals surface area contributed by atoms with E-state index in [-0.39, 0.29) is 0 Å². The van der Waals surface area contributed by atoms with E-state index in [1.165, 1.54) is 6.33 Å². The number of amides is 1. The van der Waals surface area contributed by atoms with Crippen molar-refractivity contribution in [2.75, 3.05) is 31.6 Å². The Hall–Kier alpha value is -3.19. The van der Waals surface area contributed by atoms with E-state index in [9.17, 15) is 4.79 Å². The van der Waals surface area contributed by atoms with Gasteiger partial charge in [-0.25, -0.2) is 9.97 Å². The first-order chi connectivity index (χ1) is 14.1. The average molecular weight is 391 g/mol. The van der Waals surface area contributed by atoms with Crippen LogP contribution in [0.1, 0.15) is 23.2 Å². The Morgan fingerprint density at radius 1 is 1.28 bits per heavy atom. The molecule has 1 aliphatic heterocycles. The molecule has 1 amide bonds. The summed E-state index contributed by atoms with van der Waals surface area (Å²) in [5.41, 5.74) is 14.3. The molecule has 29 heavy (non-hydrogen) atoms. The van der Waals surface area contributed by atoms with Crippen LogP contribution in [-0.2, 0) is 0 Å². The van der Waals surface area contributed by atoms with Crippen molar-refractivity contribution >= 4 is 22.6 Å². The van der Waals surface area contributed by atoms with Crippen molar-refractivity contribution < 1.29 is 9.53 Å². The number of primary amides is 1. The number of rotatable bonds is 5. The van der Waals surface area contributed by atoms with Gasteiger partial charge in [-0.1, -0.05) is 18.2 Å². The molecule has 1 aromatic heterocycles. The number of aromatic nitrogens is 2. The zero-order valence-electron chi connectivity index (χ0n) is 16.5. The number of fused-ring (bicyclic) bond motifs is 1. The summed E-state index contributed by atoms with van der Waals surface area (Å²) < 4.78 is 5.52. The lowest BCUT2D eigenvalue weighted by atomic mass is 9.96. The van der Waals surface area contributed by atoms with Gasteiger partial charge in [0.05, 0.1) is 18.2 Å². The van der Waals surface area contributed by atoms with E-state index in [0.717, 1.165) is 54.0 Å². The SMILES string of the molecule is COc1ccccc1-c1cc(C(N)=O)c2ncnc(N3CCC[C@H](CN)C3)c2c1. The number of methoxy groups -OCH3 is 1. The Balaban J connectivity index is 1.93. The first kappa shape index (κ1) is 19.1. The number of carbonyl (C=O) groups is 1. The summed E-state index contributed by atoms with van der Waals surface area (Å²) in [4.78, 5) is 23.4. The number of carbonyl (C=O) groups excluding carboxylic acids is 1. The van der Waals surface area contributed by atoms with Crippen LogP contribution in [0.4, 0.5) is 5.82 Å². The van der Waals surface area contributed by atoms with E-state index in [2.05, 4.69) is 14.9 Å². The van der Waals surface area contributed by atoms with E-state index in [1.807, 2.05) is 30.3 Å². The fraction of sp³-hybridized carbons (Fsp3) is 0.318. The standard InChI is InChI=1S/C22H25N5O2/c1-29-19-7-3-2-6-16(19)15-9-17(21(24)28)20-18(10-15)22(26-13-25-20)27-8-4-5-14(11-23)12-27/h2-3,6-7,9-10,13-14H,4-5,8,11-12,23H2,1H3,(H2,24,28)/t14-/m1/s1. The largest absolute Gasteiger partial charge is 0.496 e. The lowest BCUT2D eigenvalue weighted by Gasteiger charge is -2.33. The van der Waals surface area contributed by atoms with Gasteiger partial charge in [-0.2, -0.15) is 0 Å². The van der Waals surface area contributed by atoms with Gasteiger partial charge in [-0.05, 0) is 49.1 Å². The van der Waals surface area contributed by atoms with Crippen LogP contribution in [-0.4, -0.2) is 42.6 Å². The van der Waals surface area contributed by atoms with Crippen molar-refractivity contribution in [3.05, 3.63) is 48.3 Å². The molecule has 0 saturated carbocycles. The van der Waals surface area contributed by atoms with Crippen LogP contribution in [0.3, 0.4) is 0 Å². The van der Waals surface area contributed by atoms with Crippen LogP contribution in [0.2, 0.25) is 0 Å². The summed E-state index contributed by atoms with van der Waals surface area (Å²) in [6, 6.07) is 11.5. The summed E-state index contributed by atoms with van der Waals surface area (Å²) in [5, 5.41) is 0.808. The molecular weight excluding hydrogens is 366 g/mol. The van der Waals surface area contributed by atoms with Crippen molar-refractivity contribution in [1.29, 1.82) is 0 Å². The monoisotopic (exact) mass is 391 g/mol. The number of hydrogen-bond donors (Lipinski definition) is 2. The minimum absolute atomic E-state index is 0.374. The highest BCUT2D eigenvalue weighted by atomic mass is 16.5. The number of nitrogens with two attached hydrogens (primary N) is 2. The number of piperidine rings is 1. The highest BCUT2D eigenvalue weighted by molar-refractivity contribution is 6.09. The van der Waals surface area contributed by atoms with Gasteiger partial charge in [0.15, 0.2) is 0 Å². The Labute approximate surface area is 169 Å². The van der Waals surface area contributed by atoms with Gasteiger partial charge in [0.25, 0.3) is 5.91 Å². The van der Waals surface area contributed by atoms with Crippen LogP contribution in [0.25, 0.3) is 22.0 Å². The van der Waals surface area contributed by atoms with E-state index in [4.69, 9.17) is 16.2 Å². The number of anilines is 1. The molecule has 3 aromatic rings. The van der Waals surface area contributed by atoms with Crippen LogP contribution >= 0.6 is 0 Å². The Kier molecular flexibility index (Phi) is 5.31. The maximum absolute atomic E-state index is 12.2. The van der Waals surface area contributed by atoms with Crippen LogP contribution in [0.15, 0.2) is 42.7 Å². The molecule has 0 bridgehead atoms. The molecule has 2 aromatic carbocycles. The molecule has 0 radical (unpaired) electrons. The maximum atomic E-state index is 12.2. The van der Waals surface area contributed by atoms with E-state index < -0.39 is 5.91 Å². The zero-order chi connectivity index (χ0) is 20.4. The number of ether oxygens (including phenoxy) is 1. The maximum Gasteiger partial charge on any atom is 0.250 e. The summed E-state index contributed by atoms with van der Waals surface area (Å²) in [7, 11) is 1.63. The molecule has 1 saturated heterocycles. The van der Waals surface area contributed by atoms with Gasteiger partial charge in [-0.3, -0.25) is 4.79 Å². The van der Waals surface area contributed by atoms with Crippen molar-refractivity contribution in [2.24, 2.45) is 17.4 Å². The molecule has 4 rings (SSSR count). The van der Waals surface area contributed by atoms with Gasteiger partial charge in [0, 0.05) is 24.0 Å². The molecule has 7 nitrogen and oxygen atoms in total. The van der Waals surface area contributed by atoms with Crippen LogP contribution in [0, 0.1) is 5.92 Å². The summed E-state index contributed by atoms with van der Waals surface area (Å²) >= 11 is 0. The molecule has 7 heteroatoms. The van der Waals surface area contributed by atoms with Crippen LogP contribution < -0.4 is 21.1 Å². The third-order valence-electron chi connectivity index (χ3n) is 5.55. The molecule has 150 valence electrons. The van der Waals surface area contributed by atoms with Crippen molar-refractivity contribution in [1.82, 2.24) is 9.97 Å². The summed E-state index contributed by atoms with van der Waals surface area (Å²) in [5.74, 6) is 1.45. The quantitative estimate of drug-likeness (QED) is 0.692. The first-order valence-corrected chi connectivity index (χ1v) is 9.79. The number of nitrogens with zero attached hydrogens (tertiary/aromatic N) is 3. The van der Waals surface area contributed by atoms with Crippen molar-refractivity contribution in [3.8, 4) is 16.9 Å². The van der Waals surface area contributed by atoms with Gasteiger partial charge >= 0.3 is 0 Å². The molecule has 1 atom stereocenters. The average Bonchev–Trinajstić information content (AvgIpc) is 2.77. The minimum Gasteiger partial charge on any atom is -0.496 e. The molecule has 1 aliphatic rings. The lowest BCUT2D eigenvalue weighted by molar-refractivity contribution is 0.100.